The molecule has 2 nitrogen and oxygen atoms in total. The third-order valence-electron chi connectivity index (χ3n) is 3.47. The highest BCUT2D eigenvalue weighted by Crippen LogP contribution is 2.23. The van der Waals surface area contributed by atoms with E-state index >= 15 is 0 Å². The van der Waals surface area contributed by atoms with Gasteiger partial charge in [-0.3, -0.25) is 4.79 Å². The van der Waals surface area contributed by atoms with Crippen LogP contribution >= 0.6 is 11.6 Å². The molecule has 1 N–H and O–H groups in total. The van der Waals surface area contributed by atoms with Crippen LogP contribution in [0, 0.1) is 6.92 Å². The molecule has 3 rings (SSSR count). The number of ketones is 1. The molecule has 0 aliphatic rings. The minimum atomic E-state index is 0.104. The molecule has 0 radical (unpaired) electrons. The van der Waals surface area contributed by atoms with Crippen molar-refractivity contribution in [3.8, 4) is 0 Å². The smallest absolute Gasteiger partial charge is 0.169 e. The molecule has 0 saturated heterocycles. The molecule has 3 heteroatoms. The fourth-order valence-electron chi connectivity index (χ4n) is 2.52. The Morgan fingerprint density at radius 3 is 2.80 bits per heavy atom. The summed E-state index contributed by atoms with van der Waals surface area (Å²) < 4.78 is 0. The van der Waals surface area contributed by atoms with Gasteiger partial charge in [-0.15, -0.1) is 0 Å². The van der Waals surface area contributed by atoms with E-state index in [-0.39, 0.29) is 5.78 Å². The fourth-order valence-corrected chi connectivity index (χ4v) is 2.73. The Balaban J connectivity index is 1.97. The van der Waals surface area contributed by atoms with Crippen LogP contribution in [0.2, 0.25) is 5.02 Å². The summed E-state index contributed by atoms with van der Waals surface area (Å²) in [6, 6.07) is 13.4. The molecule has 0 atom stereocenters. The number of H-pyrrole nitrogens is 1. The van der Waals surface area contributed by atoms with Crippen molar-refractivity contribution in [3.63, 3.8) is 0 Å². The lowest BCUT2D eigenvalue weighted by Crippen LogP contribution is -2.03. The number of carbonyl (C=O) groups is 1. The zero-order valence-electron chi connectivity index (χ0n) is 11.1. The van der Waals surface area contributed by atoms with Crippen LogP contribution in [0.1, 0.15) is 21.5 Å². The minimum absolute atomic E-state index is 0.104. The Labute approximate surface area is 122 Å². The van der Waals surface area contributed by atoms with Gasteiger partial charge in [-0.25, -0.2) is 0 Å². The normalized spacial score (nSPS) is 10.9. The third kappa shape index (κ3) is 2.35. The van der Waals surface area contributed by atoms with Gasteiger partial charge >= 0.3 is 0 Å². The van der Waals surface area contributed by atoms with Crippen LogP contribution in [-0.2, 0) is 6.42 Å². The second-order valence-corrected chi connectivity index (χ2v) is 5.37. The Morgan fingerprint density at radius 1 is 1.20 bits per heavy atom. The number of nitrogens with one attached hydrogen (secondary N) is 1. The summed E-state index contributed by atoms with van der Waals surface area (Å²) in [7, 11) is 0. The molecule has 3 aromatic rings. The van der Waals surface area contributed by atoms with Crippen molar-refractivity contribution in [1.82, 2.24) is 4.98 Å². The number of rotatable bonds is 3. The Kier molecular flexibility index (Phi) is 3.33. The number of aryl methyl sites for hydroxylation is 1. The lowest BCUT2D eigenvalue weighted by Gasteiger charge is -2.03. The highest BCUT2D eigenvalue weighted by Gasteiger charge is 2.14. The summed E-state index contributed by atoms with van der Waals surface area (Å²) in [4.78, 5) is 15.6. The maximum Gasteiger partial charge on any atom is 0.169 e. The van der Waals surface area contributed by atoms with Crippen LogP contribution in [0.15, 0.2) is 48.7 Å². The highest BCUT2D eigenvalue weighted by molar-refractivity contribution is 6.30. The number of hydrogen-bond donors (Lipinski definition) is 1. The van der Waals surface area contributed by atoms with Crippen molar-refractivity contribution in [2.75, 3.05) is 0 Å². The number of fused-ring (bicyclic) bond motifs is 1. The molecule has 0 aliphatic heterocycles. The molecule has 1 heterocycles. The Bertz CT molecular complexity index is 789. The quantitative estimate of drug-likeness (QED) is 0.703. The average molecular weight is 284 g/mol. The molecular weight excluding hydrogens is 270 g/mol. The summed E-state index contributed by atoms with van der Waals surface area (Å²) >= 11 is 5.96. The summed E-state index contributed by atoms with van der Waals surface area (Å²) in [6.07, 6.45) is 2.16. The number of benzene rings is 2. The predicted octanol–water partition coefficient (Wildman–Crippen LogP) is 4.56. The van der Waals surface area contributed by atoms with Gasteiger partial charge in [0.15, 0.2) is 5.78 Å². The van der Waals surface area contributed by atoms with Crippen molar-refractivity contribution < 1.29 is 4.79 Å². The zero-order chi connectivity index (χ0) is 14.1. The topological polar surface area (TPSA) is 32.9 Å². The Morgan fingerprint density at radius 2 is 2.00 bits per heavy atom. The second kappa shape index (κ2) is 5.14. The van der Waals surface area contributed by atoms with E-state index in [4.69, 9.17) is 11.6 Å². The molecule has 0 amide bonds. The van der Waals surface area contributed by atoms with Gasteiger partial charge in [-0.1, -0.05) is 35.9 Å². The first-order chi connectivity index (χ1) is 9.65. The van der Waals surface area contributed by atoms with E-state index in [1.54, 1.807) is 6.20 Å². The average Bonchev–Trinajstić information content (AvgIpc) is 2.84. The second-order valence-electron chi connectivity index (χ2n) is 4.93. The number of carbonyl (C=O) groups excluding carboxylic acids is 1. The fraction of sp³-hybridized carbons (Fsp3) is 0.118. The zero-order valence-corrected chi connectivity index (χ0v) is 11.9. The maximum absolute atomic E-state index is 12.5. The number of aromatic nitrogens is 1. The van der Waals surface area contributed by atoms with E-state index in [9.17, 15) is 4.79 Å². The lowest BCUT2D eigenvalue weighted by atomic mass is 10.00. The minimum Gasteiger partial charge on any atom is -0.360 e. The van der Waals surface area contributed by atoms with E-state index in [2.05, 4.69) is 4.98 Å². The van der Waals surface area contributed by atoms with Gasteiger partial charge in [-0.05, 0) is 36.2 Å². The lowest BCUT2D eigenvalue weighted by molar-refractivity contribution is 0.0994. The number of hydrogen-bond acceptors (Lipinski definition) is 1. The third-order valence-corrected chi connectivity index (χ3v) is 3.70. The van der Waals surface area contributed by atoms with Gasteiger partial charge in [0.05, 0.1) is 0 Å². The van der Waals surface area contributed by atoms with E-state index in [0.717, 1.165) is 27.6 Å². The van der Waals surface area contributed by atoms with Gasteiger partial charge in [0, 0.05) is 34.1 Å². The largest absolute Gasteiger partial charge is 0.360 e. The van der Waals surface area contributed by atoms with E-state index in [1.165, 1.54) is 0 Å². The van der Waals surface area contributed by atoms with E-state index < -0.39 is 0 Å². The van der Waals surface area contributed by atoms with Crippen LogP contribution < -0.4 is 0 Å². The summed E-state index contributed by atoms with van der Waals surface area (Å²) in [5, 5.41) is 1.67. The van der Waals surface area contributed by atoms with Crippen LogP contribution in [0.3, 0.4) is 0 Å². The van der Waals surface area contributed by atoms with Crippen molar-refractivity contribution in [2.24, 2.45) is 0 Å². The number of aromatic amines is 1. The first kappa shape index (κ1) is 12.9. The first-order valence-corrected chi connectivity index (χ1v) is 6.87. The molecule has 0 spiro atoms. The van der Waals surface area contributed by atoms with E-state index in [0.29, 0.717) is 11.4 Å². The van der Waals surface area contributed by atoms with Crippen LogP contribution in [0.5, 0.6) is 0 Å². The maximum atomic E-state index is 12.5. The molecule has 0 fully saturated rings. The molecule has 0 unspecified atom stereocenters. The Hall–Kier alpha value is -2.06. The molecule has 0 bridgehead atoms. The molecule has 0 saturated carbocycles. The van der Waals surface area contributed by atoms with Crippen LogP contribution in [-0.4, -0.2) is 10.8 Å². The van der Waals surface area contributed by atoms with Gasteiger partial charge in [0.1, 0.15) is 0 Å². The van der Waals surface area contributed by atoms with Crippen molar-refractivity contribution in [2.45, 2.75) is 13.3 Å². The molecule has 0 aliphatic carbocycles. The SMILES string of the molecule is Cc1cccc2[nH]cc(C(=O)Cc3cccc(Cl)c3)c12. The summed E-state index contributed by atoms with van der Waals surface area (Å²) in [5.74, 6) is 0.104. The molecule has 20 heavy (non-hydrogen) atoms. The summed E-state index contributed by atoms with van der Waals surface area (Å²) in [5.41, 5.74) is 3.79. The number of Topliss-reactive ketones (excluding diaryl/α,β-unsaturated/α-hetero) is 1. The molecule has 100 valence electrons. The standard InChI is InChI=1S/C17H14ClNO/c1-11-4-2-7-15-17(11)14(10-19-15)16(20)9-12-5-3-6-13(18)8-12/h2-8,10,19H,9H2,1H3. The highest BCUT2D eigenvalue weighted by atomic mass is 35.5. The summed E-state index contributed by atoms with van der Waals surface area (Å²) in [6.45, 7) is 2.02. The molecule has 2 aromatic carbocycles. The monoisotopic (exact) mass is 283 g/mol. The van der Waals surface area contributed by atoms with Crippen LogP contribution in [0.4, 0.5) is 0 Å². The van der Waals surface area contributed by atoms with Gasteiger partial charge in [0.25, 0.3) is 0 Å². The molecule has 1 aromatic heterocycles. The van der Waals surface area contributed by atoms with Crippen molar-refractivity contribution in [1.29, 1.82) is 0 Å². The van der Waals surface area contributed by atoms with Crippen molar-refractivity contribution >= 4 is 28.3 Å². The van der Waals surface area contributed by atoms with E-state index in [1.807, 2.05) is 49.4 Å². The first-order valence-electron chi connectivity index (χ1n) is 6.49. The van der Waals surface area contributed by atoms with Gasteiger partial charge < -0.3 is 4.98 Å². The van der Waals surface area contributed by atoms with Crippen LogP contribution in [0.25, 0.3) is 10.9 Å². The van der Waals surface area contributed by atoms with Crippen molar-refractivity contribution in [3.05, 3.63) is 70.4 Å². The number of halogens is 1. The predicted molar refractivity (Wildman–Crippen MR) is 82.5 cm³/mol. The van der Waals surface area contributed by atoms with Gasteiger partial charge in [-0.2, -0.15) is 0 Å². The molecular formula is C17H14ClNO. The van der Waals surface area contributed by atoms with Gasteiger partial charge in [0.2, 0.25) is 0 Å².